The van der Waals surface area contributed by atoms with Gasteiger partial charge in [0, 0.05) is 12.6 Å². The summed E-state index contributed by atoms with van der Waals surface area (Å²) in [7, 11) is -2.53. The van der Waals surface area contributed by atoms with Crippen LogP contribution in [0.25, 0.3) is 0 Å². The fraction of sp³-hybridized carbons (Fsp3) is 0.391. The van der Waals surface area contributed by atoms with Gasteiger partial charge in [-0.05, 0) is 35.7 Å². The number of sulfonamides is 1. The van der Waals surface area contributed by atoms with Crippen LogP contribution in [0.2, 0.25) is 0 Å². The van der Waals surface area contributed by atoms with Gasteiger partial charge in [0.15, 0.2) is 18.1 Å². The van der Waals surface area contributed by atoms with Gasteiger partial charge in [0.2, 0.25) is 10.0 Å². The second-order valence-corrected chi connectivity index (χ2v) is 9.60. The van der Waals surface area contributed by atoms with Crippen molar-refractivity contribution in [2.45, 2.75) is 31.3 Å². The number of carbonyl (C=O) groups excluding carboxylic acids is 2. The Morgan fingerprint density at radius 1 is 1.06 bits per heavy atom. The summed E-state index contributed by atoms with van der Waals surface area (Å²) in [6.07, 6.45) is 0. The first-order chi connectivity index (χ1) is 16.2. The maximum absolute atomic E-state index is 12.9. The van der Waals surface area contributed by atoms with Gasteiger partial charge in [0.05, 0.1) is 12.0 Å². The molecule has 3 rings (SSSR count). The summed E-state index contributed by atoms with van der Waals surface area (Å²) in [6.45, 7) is 3.70. The molecule has 1 heterocycles. The van der Waals surface area contributed by atoms with Crippen LogP contribution < -0.4 is 24.2 Å². The monoisotopic (exact) mass is 492 g/mol. The van der Waals surface area contributed by atoms with Crippen molar-refractivity contribution in [3.05, 3.63) is 48.0 Å². The number of benzene rings is 2. The van der Waals surface area contributed by atoms with E-state index in [9.17, 15) is 18.0 Å². The van der Waals surface area contributed by atoms with E-state index in [2.05, 4.69) is 10.0 Å². The number of ether oxygens (including phenoxy) is 4. The lowest BCUT2D eigenvalue weighted by Crippen LogP contribution is -2.46. The van der Waals surface area contributed by atoms with Crippen molar-refractivity contribution in [2.24, 2.45) is 5.92 Å². The number of hydrogen-bond acceptors (Lipinski definition) is 8. The molecule has 1 amide bonds. The summed E-state index contributed by atoms with van der Waals surface area (Å²) < 4.78 is 49.2. The molecular weight excluding hydrogens is 464 g/mol. The van der Waals surface area contributed by atoms with Gasteiger partial charge in [0.1, 0.15) is 25.0 Å². The number of esters is 1. The van der Waals surface area contributed by atoms with Crippen LogP contribution in [0.4, 0.5) is 0 Å². The zero-order valence-corrected chi connectivity index (χ0v) is 20.0. The van der Waals surface area contributed by atoms with E-state index in [0.717, 1.165) is 5.56 Å². The van der Waals surface area contributed by atoms with E-state index >= 15 is 0 Å². The van der Waals surface area contributed by atoms with Gasteiger partial charge in [-0.2, -0.15) is 4.72 Å². The predicted octanol–water partition coefficient (Wildman–Crippen LogP) is 1.63. The van der Waals surface area contributed by atoms with Crippen LogP contribution in [-0.2, 0) is 30.9 Å². The van der Waals surface area contributed by atoms with Crippen molar-refractivity contribution in [2.75, 3.05) is 26.9 Å². The lowest BCUT2D eigenvalue weighted by Gasteiger charge is -2.22. The fourth-order valence-electron chi connectivity index (χ4n) is 3.14. The van der Waals surface area contributed by atoms with E-state index in [0.29, 0.717) is 30.5 Å². The summed E-state index contributed by atoms with van der Waals surface area (Å²) in [5.41, 5.74) is 0.811. The molecular formula is C23H28N2O8S. The molecule has 2 N–H and O–H groups in total. The molecule has 0 saturated carbocycles. The van der Waals surface area contributed by atoms with E-state index in [1.54, 1.807) is 39.2 Å². The van der Waals surface area contributed by atoms with E-state index in [1.807, 2.05) is 6.07 Å². The molecule has 0 spiro atoms. The molecule has 0 fully saturated rings. The first-order valence-electron chi connectivity index (χ1n) is 10.7. The number of methoxy groups -OCH3 is 1. The Hall–Kier alpha value is -3.31. The highest BCUT2D eigenvalue weighted by molar-refractivity contribution is 7.89. The Kier molecular flexibility index (Phi) is 8.35. The molecule has 1 atom stereocenters. The molecule has 0 aromatic heterocycles. The van der Waals surface area contributed by atoms with Crippen LogP contribution in [0.5, 0.6) is 17.2 Å². The number of amides is 1. The third kappa shape index (κ3) is 6.61. The average Bonchev–Trinajstić information content (AvgIpc) is 2.84. The summed E-state index contributed by atoms with van der Waals surface area (Å²) in [5, 5.41) is 2.64. The van der Waals surface area contributed by atoms with Crippen LogP contribution >= 0.6 is 0 Å². The Labute approximate surface area is 198 Å². The molecule has 1 aliphatic heterocycles. The Balaban J connectivity index is 1.57. The minimum Gasteiger partial charge on any atom is -0.497 e. The van der Waals surface area contributed by atoms with Crippen LogP contribution in [0.15, 0.2) is 47.4 Å². The summed E-state index contributed by atoms with van der Waals surface area (Å²) in [5.74, 6) is -0.390. The van der Waals surface area contributed by atoms with Crippen molar-refractivity contribution in [1.29, 1.82) is 0 Å². The summed E-state index contributed by atoms with van der Waals surface area (Å²) in [6, 6.07) is 10.2. The van der Waals surface area contributed by atoms with Gasteiger partial charge in [-0.3, -0.25) is 9.59 Å². The Bertz CT molecular complexity index is 1130. The third-order valence-electron chi connectivity index (χ3n) is 5.00. The van der Waals surface area contributed by atoms with Crippen molar-refractivity contribution in [3.63, 3.8) is 0 Å². The van der Waals surface area contributed by atoms with E-state index < -0.39 is 40.5 Å². The first-order valence-corrected chi connectivity index (χ1v) is 12.2. The van der Waals surface area contributed by atoms with Crippen molar-refractivity contribution in [3.8, 4) is 17.2 Å². The molecule has 2 aromatic rings. The smallest absolute Gasteiger partial charge is 0.324 e. The second-order valence-electron chi connectivity index (χ2n) is 7.88. The lowest BCUT2D eigenvalue weighted by molar-refractivity contribution is -0.151. The number of hydrogen-bond donors (Lipinski definition) is 2. The van der Waals surface area contributed by atoms with Gasteiger partial charge >= 0.3 is 5.97 Å². The zero-order valence-electron chi connectivity index (χ0n) is 19.2. The maximum atomic E-state index is 12.9. The number of fused-ring (bicyclic) bond motifs is 1. The number of rotatable bonds is 10. The average molecular weight is 493 g/mol. The Morgan fingerprint density at radius 2 is 1.79 bits per heavy atom. The molecule has 0 unspecified atom stereocenters. The molecule has 11 heteroatoms. The normalized spacial score (nSPS) is 13.8. The van der Waals surface area contributed by atoms with Gasteiger partial charge in [-0.1, -0.05) is 26.0 Å². The maximum Gasteiger partial charge on any atom is 0.324 e. The van der Waals surface area contributed by atoms with Gasteiger partial charge in [-0.15, -0.1) is 0 Å². The van der Waals surface area contributed by atoms with Crippen molar-refractivity contribution >= 4 is 21.9 Å². The number of nitrogens with one attached hydrogen (secondary N) is 2. The lowest BCUT2D eigenvalue weighted by atomic mass is 10.1. The van der Waals surface area contributed by atoms with Gasteiger partial charge < -0.3 is 24.3 Å². The van der Waals surface area contributed by atoms with Gasteiger partial charge in [0.25, 0.3) is 5.91 Å². The highest BCUT2D eigenvalue weighted by Gasteiger charge is 2.31. The second kappa shape index (κ2) is 11.2. The SMILES string of the molecule is COc1cccc(CNC(=O)COC(=O)[C@@H](NS(=O)(=O)c2ccc3c(c2)OCCO3)C(C)C)c1. The molecule has 0 radical (unpaired) electrons. The van der Waals surface area contributed by atoms with Crippen LogP contribution in [0.1, 0.15) is 19.4 Å². The van der Waals surface area contributed by atoms with Crippen molar-refractivity contribution in [1.82, 2.24) is 10.0 Å². The molecule has 0 aliphatic carbocycles. The van der Waals surface area contributed by atoms with E-state index in [1.165, 1.54) is 18.2 Å². The Morgan fingerprint density at radius 3 is 2.50 bits per heavy atom. The summed E-state index contributed by atoms with van der Waals surface area (Å²) >= 11 is 0. The molecule has 2 aromatic carbocycles. The topological polar surface area (TPSA) is 129 Å². The minimum atomic E-state index is -4.07. The van der Waals surface area contributed by atoms with Crippen molar-refractivity contribution < 1.29 is 37.0 Å². The van der Waals surface area contributed by atoms with E-state index in [-0.39, 0.29) is 11.4 Å². The first kappa shape index (κ1) is 25.3. The van der Waals surface area contributed by atoms with Crippen LogP contribution in [-0.4, -0.2) is 53.3 Å². The fourth-order valence-corrected chi connectivity index (χ4v) is 4.49. The minimum absolute atomic E-state index is 0.0776. The zero-order chi connectivity index (χ0) is 24.7. The molecule has 34 heavy (non-hydrogen) atoms. The van der Waals surface area contributed by atoms with Gasteiger partial charge in [-0.25, -0.2) is 8.42 Å². The highest BCUT2D eigenvalue weighted by Crippen LogP contribution is 2.32. The highest BCUT2D eigenvalue weighted by atomic mass is 32.2. The standard InChI is InChI=1S/C23H28N2O8S/c1-15(2)22(25-34(28,29)18-7-8-19-20(12-18)32-10-9-31-19)23(27)33-14-21(26)24-13-16-5-4-6-17(11-16)30-3/h4-8,11-12,15,22,25H,9-10,13-14H2,1-3H3,(H,24,26)/t22-/m0/s1. The number of carbonyl (C=O) groups is 2. The summed E-state index contributed by atoms with van der Waals surface area (Å²) in [4.78, 5) is 24.6. The molecule has 10 nitrogen and oxygen atoms in total. The van der Waals surface area contributed by atoms with E-state index in [4.69, 9.17) is 18.9 Å². The third-order valence-corrected chi connectivity index (χ3v) is 6.43. The predicted molar refractivity (Wildman–Crippen MR) is 122 cm³/mol. The molecule has 1 aliphatic rings. The molecule has 184 valence electrons. The molecule has 0 saturated heterocycles. The quantitative estimate of drug-likeness (QED) is 0.479. The van der Waals surface area contributed by atoms with Crippen LogP contribution in [0.3, 0.4) is 0 Å². The largest absolute Gasteiger partial charge is 0.497 e. The van der Waals surface area contributed by atoms with Crippen LogP contribution in [0, 0.1) is 5.92 Å². The molecule has 0 bridgehead atoms.